The van der Waals surface area contributed by atoms with E-state index in [1.807, 2.05) is 6.07 Å². The fourth-order valence-electron chi connectivity index (χ4n) is 6.34. The van der Waals surface area contributed by atoms with Gasteiger partial charge in [0.2, 0.25) is 5.91 Å². The molecule has 24 heavy (non-hydrogen) atoms. The zero-order valence-corrected chi connectivity index (χ0v) is 15.1. The molecular formula is C22H31NO. The van der Waals surface area contributed by atoms with E-state index in [2.05, 4.69) is 43.4 Å². The zero-order valence-electron chi connectivity index (χ0n) is 15.1. The van der Waals surface area contributed by atoms with Gasteiger partial charge in [0.1, 0.15) is 0 Å². The van der Waals surface area contributed by atoms with E-state index < -0.39 is 0 Å². The van der Waals surface area contributed by atoms with Gasteiger partial charge in [-0.1, -0.05) is 37.3 Å². The Kier molecular flexibility index (Phi) is 4.18. The molecule has 0 saturated heterocycles. The third-order valence-electron chi connectivity index (χ3n) is 7.24. The molecule has 4 bridgehead atoms. The second kappa shape index (κ2) is 6.20. The summed E-state index contributed by atoms with van der Waals surface area (Å²) < 4.78 is 0. The Bertz CT molecular complexity index is 558. The van der Waals surface area contributed by atoms with Crippen LogP contribution in [0.5, 0.6) is 0 Å². The van der Waals surface area contributed by atoms with Crippen molar-refractivity contribution in [2.24, 2.45) is 23.2 Å². The molecule has 130 valence electrons. The van der Waals surface area contributed by atoms with Crippen molar-refractivity contribution >= 4 is 5.91 Å². The van der Waals surface area contributed by atoms with Crippen molar-refractivity contribution in [2.45, 2.75) is 70.8 Å². The highest BCUT2D eigenvalue weighted by atomic mass is 16.1. The van der Waals surface area contributed by atoms with Crippen LogP contribution in [-0.4, -0.2) is 11.9 Å². The normalized spacial score (nSPS) is 36.3. The number of carbonyl (C=O) groups excluding carboxylic acids is 1. The minimum absolute atomic E-state index is 0.231. The molecule has 0 radical (unpaired) electrons. The van der Waals surface area contributed by atoms with Gasteiger partial charge in [-0.25, -0.2) is 0 Å². The maximum atomic E-state index is 12.6. The molecule has 0 heterocycles. The van der Waals surface area contributed by atoms with E-state index >= 15 is 0 Å². The number of nitrogens with one attached hydrogen (secondary N) is 1. The van der Waals surface area contributed by atoms with E-state index in [9.17, 15) is 4.79 Å². The lowest BCUT2D eigenvalue weighted by Crippen LogP contribution is -2.55. The van der Waals surface area contributed by atoms with Crippen LogP contribution in [0, 0.1) is 23.2 Å². The maximum Gasteiger partial charge on any atom is 0.220 e. The van der Waals surface area contributed by atoms with Crippen molar-refractivity contribution < 1.29 is 4.79 Å². The predicted molar refractivity (Wildman–Crippen MR) is 97.7 cm³/mol. The van der Waals surface area contributed by atoms with Gasteiger partial charge in [-0.15, -0.1) is 0 Å². The van der Waals surface area contributed by atoms with Crippen molar-refractivity contribution in [1.82, 2.24) is 5.32 Å². The van der Waals surface area contributed by atoms with Crippen molar-refractivity contribution in [1.29, 1.82) is 0 Å². The number of carbonyl (C=O) groups is 1. The first-order valence-electron chi connectivity index (χ1n) is 9.88. The molecule has 2 heteroatoms. The quantitative estimate of drug-likeness (QED) is 0.819. The first-order valence-corrected chi connectivity index (χ1v) is 9.88. The Morgan fingerprint density at radius 1 is 1.04 bits per heavy atom. The third-order valence-corrected chi connectivity index (χ3v) is 7.24. The monoisotopic (exact) mass is 325 g/mol. The van der Waals surface area contributed by atoms with Gasteiger partial charge < -0.3 is 5.32 Å². The number of benzene rings is 1. The third kappa shape index (κ3) is 3.00. The number of hydrogen-bond donors (Lipinski definition) is 1. The summed E-state index contributed by atoms with van der Waals surface area (Å²) in [7, 11) is 0. The summed E-state index contributed by atoms with van der Waals surface area (Å²) in [6, 6.07) is 10.7. The van der Waals surface area contributed by atoms with Gasteiger partial charge in [-0.2, -0.15) is 0 Å². The first-order chi connectivity index (χ1) is 11.5. The highest BCUT2D eigenvalue weighted by Gasteiger charge is 2.53. The van der Waals surface area contributed by atoms with Crippen LogP contribution in [0.2, 0.25) is 0 Å². The van der Waals surface area contributed by atoms with Crippen molar-refractivity contribution in [3.05, 3.63) is 35.9 Å². The van der Waals surface area contributed by atoms with E-state index in [1.54, 1.807) is 0 Å². The summed E-state index contributed by atoms with van der Waals surface area (Å²) in [5, 5.41) is 3.40. The van der Waals surface area contributed by atoms with Gasteiger partial charge >= 0.3 is 0 Å². The van der Waals surface area contributed by atoms with Gasteiger partial charge in [-0.05, 0) is 80.1 Å². The van der Waals surface area contributed by atoms with Crippen LogP contribution in [0.3, 0.4) is 0 Å². The fraction of sp³-hybridized carbons (Fsp3) is 0.682. The molecule has 4 fully saturated rings. The molecule has 5 rings (SSSR count). The Hall–Kier alpha value is -1.31. The highest BCUT2D eigenvalue weighted by Crippen LogP contribution is 2.61. The molecule has 0 aliphatic heterocycles. The van der Waals surface area contributed by atoms with Gasteiger partial charge in [0.25, 0.3) is 0 Å². The molecule has 4 aliphatic rings. The predicted octanol–water partition coefficient (Wildman–Crippen LogP) is 4.90. The topological polar surface area (TPSA) is 29.1 Å². The first kappa shape index (κ1) is 16.2. The molecule has 0 spiro atoms. The summed E-state index contributed by atoms with van der Waals surface area (Å²) in [6.07, 6.45) is 9.06. The van der Waals surface area contributed by atoms with Crippen LogP contribution >= 0.6 is 0 Å². The Labute approximate surface area is 146 Å². The Balaban J connectivity index is 1.37. The van der Waals surface area contributed by atoms with Gasteiger partial charge in [-0.3, -0.25) is 4.79 Å². The number of hydrogen-bond acceptors (Lipinski definition) is 1. The smallest absolute Gasteiger partial charge is 0.220 e. The van der Waals surface area contributed by atoms with E-state index in [0.29, 0.717) is 17.9 Å². The lowest BCUT2D eigenvalue weighted by atomic mass is 9.48. The maximum absolute atomic E-state index is 12.6. The molecule has 1 aromatic rings. The fourth-order valence-corrected chi connectivity index (χ4v) is 6.34. The van der Waals surface area contributed by atoms with Crippen LogP contribution in [-0.2, 0) is 4.79 Å². The van der Waals surface area contributed by atoms with Gasteiger partial charge in [0.05, 0.1) is 0 Å². The molecule has 0 unspecified atom stereocenters. The summed E-state index contributed by atoms with van der Waals surface area (Å²) in [5.41, 5.74) is 1.66. The van der Waals surface area contributed by atoms with Crippen LogP contribution in [0.15, 0.2) is 30.3 Å². The molecule has 1 N–H and O–H groups in total. The summed E-state index contributed by atoms with van der Waals surface area (Å²) in [5.74, 6) is 3.35. The molecule has 2 atom stereocenters. The average molecular weight is 325 g/mol. The zero-order chi connectivity index (χ0) is 16.7. The molecule has 4 aliphatic carbocycles. The number of rotatable bonds is 5. The molecule has 2 nitrogen and oxygen atoms in total. The molecular weight excluding hydrogens is 294 g/mol. The SMILES string of the molecule is C[C@H](NC(=O)C[C@H](C)c1ccccc1)C12CC3CC(CC(C3)C1)C2. The molecule has 1 aromatic carbocycles. The van der Waals surface area contributed by atoms with Crippen LogP contribution in [0.4, 0.5) is 0 Å². The standard InChI is InChI=1S/C22H31NO/c1-15(20-6-4-3-5-7-20)8-21(24)23-16(2)22-12-17-9-18(13-22)11-19(10-17)14-22/h3-7,15-19H,8-14H2,1-2H3,(H,23,24)/t15-,16-,17?,18?,19?,22?/m0/s1. The lowest BCUT2D eigenvalue weighted by Gasteiger charge is -2.59. The molecule has 0 aromatic heterocycles. The Morgan fingerprint density at radius 2 is 1.58 bits per heavy atom. The van der Waals surface area contributed by atoms with E-state index in [4.69, 9.17) is 0 Å². The Morgan fingerprint density at radius 3 is 2.12 bits per heavy atom. The van der Waals surface area contributed by atoms with Gasteiger partial charge in [0.15, 0.2) is 0 Å². The van der Waals surface area contributed by atoms with Crippen LogP contribution in [0.1, 0.15) is 70.3 Å². The van der Waals surface area contributed by atoms with Gasteiger partial charge in [0, 0.05) is 12.5 Å². The van der Waals surface area contributed by atoms with E-state index in [-0.39, 0.29) is 11.8 Å². The minimum Gasteiger partial charge on any atom is -0.353 e. The summed E-state index contributed by atoms with van der Waals surface area (Å²) in [6.45, 7) is 4.43. The van der Waals surface area contributed by atoms with E-state index in [1.165, 1.54) is 44.1 Å². The largest absolute Gasteiger partial charge is 0.353 e. The number of amides is 1. The van der Waals surface area contributed by atoms with Crippen LogP contribution in [0.25, 0.3) is 0 Å². The second-order valence-electron chi connectivity index (χ2n) is 9.08. The minimum atomic E-state index is 0.231. The average Bonchev–Trinajstić information content (AvgIpc) is 2.54. The summed E-state index contributed by atoms with van der Waals surface area (Å²) in [4.78, 5) is 12.6. The second-order valence-corrected chi connectivity index (χ2v) is 9.08. The van der Waals surface area contributed by atoms with E-state index in [0.717, 1.165) is 17.8 Å². The van der Waals surface area contributed by atoms with Crippen molar-refractivity contribution in [3.8, 4) is 0 Å². The van der Waals surface area contributed by atoms with Crippen LogP contribution < -0.4 is 5.32 Å². The lowest BCUT2D eigenvalue weighted by molar-refractivity contribution is -0.126. The highest BCUT2D eigenvalue weighted by molar-refractivity contribution is 5.77. The summed E-state index contributed by atoms with van der Waals surface area (Å²) >= 11 is 0. The molecule has 4 saturated carbocycles. The molecule has 1 amide bonds. The van der Waals surface area contributed by atoms with Crippen molar-refractivity contribution in [3.63, 3.8) is 0 Å². The van der Waals surface area contributed by atoms with Crippen molar-refractivity contribution in [2.75, 3.05) is 0 Å².